The van der Waals surface area contributed by atoms with E-state index in [1.54, 1.807) is 27.7 Å². The van der Waals surface area contributed by atoms with Crippen LogP contribution in [0.3, 0.4) is 0 Å². The maximum absolute atomic E-state index is 12.4. The second-order valence-electron chi connectivity index (χ2n) is 3.77. The smallest absolute Gasteiger partial charge is 0.211 e. The number of alkyl halides is 3. The van der Waals surface area contributed by atoms with Crippen molar-refractivity contribution in [2.75, 3.05) is 6.54 Å². The van der Waals surface area contributed by atoms with Crippen LogP contribution >= 0.6 is 0 Å². The molecule has 1 atom stereocenters. The quantitative estimate of drug-likeness (QED) is 0.625. The lowest BCUT2D eigenvalue weighted by molar-refractivity contribution is -0.259. The number of halogens is 3. The van der Waals surface area contributed by atoms with Gasteiger partial charge < -0.3 is 0 Å². The van der Waals surface area contributed by atoms with Crippen LogP contribution in [0.1, 0.15) is 34.1 Å². The van der Waals surface area contributed by atoms with Gasteiger partial charge in [-0.1, -0.05) is 20.8 Å². The molecule has 0 aromatic carbocycles. The third kappa shape index (κ3) is 4.50. The van der Waals surface area contributed by atoms with Gasteiger partial charge in [0.05, 0.1) is 0 Å². The van der Waals surface area contributed by atoms with E-state index >= 15 is 0 Å². The minimum absolute atomic E-state index is 0.0376. The van der Waals surface area contributed by atoms with Gasteiger partial charge in [-0.15, -0.1) is 0 Å². The zero-order chi connectivity index (χ0) is 10.6. The van der Waals surface area contributed by atoms with Crippen molar-refractivity contribution in [1.29, 1.82) is 0 Å². The molecule has 0 aromatic rings. The van der Waals surface area contributed by atoms with Crippen molar-refractivity contribution < 1.29 is 13.2 Å². The van der Waals surface area contributed by atoms with Crippen LogP contribution in [0, 0.1) is 5.92 Å². The van der Waals surface area contributed by atoms with Crippen LogP contribution in [0.5, 0.6) is 0 Å². The summed E-state index contributed by atoms with van der Waals surface area (Å²) in [6.45, 7) is 7.04. The predicted octanol–water partition coefficient (Wildman–Crippen LogP) is 3.26. The van der Waals surface area contributed by atoms with Gasteiger partial charge in [0.1, 0.15) is 0 Å². The van der Waals surface area contributed by atoms with Crippen molar-refractivity contribution in [1.82, 2.24) is 4.90 Å². The highest BCUT2D eigenvalue weighted by Gasteiger charge is 2.39. The Morgan fingerprint density at radius 3 is 1.85 bits per heavy atom. The van der Waals surface area contributed by atoms with Gasteiger partial charge in [0.2, 0.25) is 0 Å². The van der Waals surface area contributed by atoms with Gasteiger partial charge >= 0.3 is 6.30 Å². The largest absolute Gasteiger partial charge is 0.460 e. The molecule has 0 bridgehead atoms. The lowest BCUT2D eigenvalue weighted by atomic mass is 10.1. The number of rotatable bonds is 4. The molecular formula is C9H18F3N. The first kappa shape index (κ1) is 12.8. The molecule has 80 valence electrons. The summed E-state index contributed by atoms with van der Waals surface area (Å²) in [5.41, 5.74) is 0. The second kappa shape index (κ2) is 4.84. The molecule has 0 aliphatic rings. The van der Waals surface area contributed by atoms with Crippen LogP contribution in [0.2, 0.25) is 0 Å². The fraction of sp³-hybridized carbons (Fsp3) is 1.00. The monoisotopic (exact) mass is 197 g/mol. The normalized spacial score (nSPS) is 15.5. The SMILES string of the molecule is CC[C@@H](C)N(CC(C)C)C(F)(F)F. The van der Waals surface area contributed by atoms with Crippen molar-refractivity contribution in [3.63, 3.8) is 0 Å². The van der Waals surface area contributed by atoms with E-state index in [1.807, 2.05) is 0 Å². The minimum atomic E-state index is -4.19. The first-order valence-electron chi connectivity index (χ1n) is 4.62. The Bertz CT molecular complexity index is 142. The Labute approximate surface area is 77.9 Å². The van der Waals surface area contributed by atoms with Crippen LogP contribution in [0.15, 0.2) is 0 Å². The first-order chi connectivity index (χ1) is 5.79. The van der Waals surface area contributed by atoms with E-state index in [0.29, 0.717) is 11.3 Å². The highest BCUT2D eigenvalue weighted by molar-refractivity contribution is 4.69. The molecule has 0 spiro atoms. The molecule has 0 aliphatic heterocycles. The molecule has 0 unspecified atom stereocenters. The molecular weight excluding hydrogens is 179 g/mol. The van der Waals surface area contributed by atoms with Crippen LogP contribution < -0.4 is 0 Å². The number of hydrogen-bond acceptors (Lipinski definition) is 1. The highest BCUT2D eigenvalue weighted by atomic mass is 19.4. The van der Waals surface area contributed by atoms with Gasteiger partial charge in [-0.3, -0.25) is 0 Å². The highest BCUT2D eigenvalue weighted by Crippen LogP contribution is 2.25. The van der Waals surface area contributed by atoms with E-state index in [0.717, 1.165) is 0 Å². The molecule has 0 aliphatic carbocycles. The van der Waals surface area contributed by atoms with E-state index in [-0.39, 0.29) is 12.5 Å². The zero-order valence-electron chi connectivity index (χ0n) is 8.65. The summed E-state index contributed by atoms with van der Waals surface area (Å²) < 4.78 is 37.3. The van der Waals surface area contributed by atoms with E-state index in [2.05, 4.69) is 0 Å². The standard InChI is InChI=1S/C9H18F3N/c1-5-8(4)13(6-7(2)3)9(10,11)12/h7-8H,5-6H2,1-4H3/t8-/m1/s1. The van der Waals surface area contributed by atoms with Crippen LogP contribution in [-0.4, -0.2) is 23.8 Å². The summed E-state index contributed by atoms with van der Waals surface area (Å²) in [7, 11) is 0. The Kier molecular flexibility index (Phi) is 4.75. The van der Waals surface area contributed by atoms with Crippen LogP contribution in [0.4, 0.5) is 13.2 Å². The molecule has 0 N–H and O–H groups in total. The van der Waals surface area contributed by atoms with E-state index in [9.17, 15) is 13.2 Å². The van der Waals surface area contributed by atoms with Crippen molar-refractivity contribution in [2.45, 2.75) is 46.5 Å². The summed E-state index contributed by atoms with van der Waals surface area (Å²) in [6, 6.07) is -0.428. The molecule has 0 heterocycles. The van der Waals surface area contributed by atoms with Crippen molar-refractivity contribution in [3.05, 3.63) is 0 Å². The average Bonchev–Trinajstić information content (AvgIpc) is 1.96. The summed E-state index contributed by atoms with van der Waals surface area (Å²) in [6.07, 6.45) is -3.67. The minimum Gasteiger partial charge on any atom is -0.211 e. The molecule has 0 saturated heterocycles. The molecule has 0 fully saturated rings. The van der Waals surface area contributed by atoms with Crippen molar-refractivity contribution in [2.24, 2.45) is 5.92 Å². The Morgan fingerprint density at radius 2 is 1.62 bits per heavy atom. The number of nitrogens with zero attached hydrogens (tertiary/aromatic N) is 1. The number of hydrogen-bond donors (Lipinski definition) is 0. The molecule has 0 amide bonds. The van der Waals surface area contributed by atoms with Gasteiger partial charge in [-0.05, 0) is 19.3 Å². The van der Waals surface area contributed by atoms with Crippen molar-refractivity contribution >= 4 is 0 Å². The Hall–Kier alpha value is -0.250. The molecule has 1 nitrogen and oxygen atoms in total. The predicted molar refractivity (Wildman–Crippen MR) is 47.4 cm³/mol. The first-order valence-corrected chi connectivity index (χ1v) is 4.62. The molecule has 4 heteroatoms. The van der Waals surface area contributed by atoms with Gasteiger partial charge in [-0.2, -0.15) is 13.2 Å². The van der Waals surface area contributed by atoms with Crippen LogP contribution in [-0.2, 0) is 0 Å². The topological polar surface area (TPSA) is 3.24 Å². The maximum atomic E-state index is 12.4. The molecule has 0 rings (SSSR count). The lowest BCUT2D eigenvalue weighted by Crippen LogP contribution is -2.45. The molecule has 13 heavy (non-hydrogen) atoms. The lowest BCUT2D eigenvalue weighted by Gasteiger charge is -2.31. The van der Waals surface area contributed by atoms with Gasteiger partial charge in [0.15, 0.2) is 0 Å². The summed E-state index contributed by atoms with van der Waals surface area (Å²) in [5, 5.41) is 0. The second-order valence-corrected chi connectivity index (χ2v) is 3.77. The van der Waals surface area contributed by atoms with Gasteiger partial charge in [0.25, 0.3) is 0 Å². The van der Waals surface area contributed by atoms with E-state index < -0.39 is 12.3 Å². The van der Waals surface area contributed by atoms with Crippen molar-refractivity contribution in [3.8, 4) is 0 Å². The van der Waals surface area contributed by atoms with Gasteiger partial charge in [0, 0.05) is 12.6 Å². The summed E-state index contributed by atoms with van der Waals surface area (Å²) in [5.74, 6) is 0.0376. The van der Waals surface area contributed by atoms with E-state index in [1.165, 1.54) is 0 Å². The third-order valence-electron chi connectivity index (χ3n) is 2.01. The molecule has 0 radical (unpaired) electrons. The Morgan fingerprint density at radius 1 is 1.15 bits per heavy atom. The fourth-order valence-corrected chi connectivity index (χ4v) is 1.15. The Balaban J connectivity index is 4.37. The average molecular weight is 197 g/mol. The maximum Gasteiger partial charge on any atom is 0.460 e. The summed E-state index contributed by atoms with van der Waals surface area (Å²) in [4.78, 5) is 0.609. The molecule has 0 saturated carbocycles. The fourth-order valence-electron chi connectivity index (χ4n) is 1.15. The third-order valence-corrected chi connectivity index (χ3v) is 2.01. The van der Waals surface area contributed by atoms with E-state index in [4.69, 9.17) is 0 Å². The van der Waals surface area contributed by atoms with Crippen LogP contribution in [0.25, 0.3) is 0 Å². The zero-order valence-corrected chi connectivity index (χ0v) is 8.65. The summed E-state index contributed by atoms with van der Waals surface area (Å²) >= 11 is 0. The molecule has 0 aromatic heterocycles. The van der Waals surface area contributed by atoms with Gasteiger partial charge in [-0.25, -0.2) is 4.90 Å².